The van der Waals surface area contributed by atoms with Gasteiger partial charge in [-0.2, -0.15) is 0 Å². The van der Waals surface area contributed by atoms with Crippen LogP contribution in [0.25, 0.3) is 0 Å². The molecule has 4 bridgehead atoms. The third-order valence-electron chi connectivity index (χ3n) is 6.17. The van der Waals surface area contributed by atoms with Crippen molar-refractivity contribution in [3.63, 3.8) is 0 Å². The summed E-state index contributed by atoms with van der Waals surface area (Å²) in [5.41, 5.74) is 1.54. The first-order valence-electron chi connectivity index (χ1n) is 9.27. The largest absolute Gasteiger partial charge is 0.301 e. The number of nitrogens with one attached hydrogen (secondary N) is 1. The molecule has 0 aliphatic heterocycles. The number of carbonyl (C=O) groups is 1. The Kier molecular flexibility index (Phi) is 4.32. The van der Waals surface area contributed by atoms with Crippen molar-refractivity contribution in [1.82, 2.24) is 15.2 Å². The summed E-state index contributed by atoms with van der Waals surface area (Å²) in [4.78, 5) is 17.1. The predicted molar refractivity (Wildman–Crippen MR) is 106 cm³/mol. The van der Waals surface area contributed by atoms with E-state index in [1.807, 2.05) is 6.92 Å². The van der Waals surface area contributed by atoms with Crippen molar-refractivity contribution in [2.24, 2.45) is 17.8 Å². The number of amides is 1. The number of thiazole rings is 1. The molecule has 2 aromatic rings. The van der Waals surface area contributed by atoms with E-state index >= 15 is 0 Å². The molecular weight excluding hydrogens is 384 g/mol. The zero-order valence-electron chi connectivity index (χ0n) is 14.7. The number of hydrogen-bond donors (Lipinski definition) is 1. The van der Waals surface area contributed by atoms with Crippen molar-refractivity contribution in [2.75, 3.05) is 11.1 Å². The first kappa shape index (κ1) is 17.1. The van der Waals surface area contributed by atoms with Crippen LogP contribution < -0.4 is 5.32 Å². The molecule has 8 heteroatoms. The highest BCUT2D eigenvalue weighted by molar-refractivity contribution is 8.01. The van der Waals surface area contributed by atoms with Gasteiger partial charge in [0, 0.05) is 10.8 Å². The molecule has 4 aliphatic carbocycles. The molecule has 1 amide bonds. The summed E-state index contributed by atoms with van der Waals surface area (Å²) >= 11 is 4.53. The quantitative estimate of drug-likeness (QED) is 0.741. The van der Waals surface area contributed by atoms with Gasteiger partial charge in [0.1, 0.15) is 5.01 Å². The maximum Gasteiger partial charge on any atom is 0.236 e. The molecule has 6 rings (SSSR count). The van der Waals surface area contributed by atoms with Crippen LogP contribution in [-0.4, -0.2) is 26.8 Å². The Balaban J connectivity index is 1.23. The molecule has 138 valence electrons. The van der Waals surface area contributed by atoms with Crippen LogP contribution in [-0.2, 0) is 10.2 Å². The van der Waals surface area contributed by atoms with E-state index in [-0.39, 0.29) is 5.91 Å². The van der Waals surface area contributed by atoms with E-state index in [4.69, 9.17) is 4.98 Å². The Morgan fingerprint density at radius 1 is 1.23 bits per heavy atom. The summed E-state index contributed by atoms with van der Waals surface area (Å²) in [5, 5.41) is 14.9. The molecular formula is C18H22N4OS3. The maximum atomic E-state index is 12.2. The Hall–Kier alpha value is -0.990. The van der Waals surface area contributed by atoms with Crippen LogP contribution in [0, 0.1) is 24.7 Å². The highest BCUT2D eigenvalue weighted by Crippen LogP contribution is 2.60. The lowest BCUT2D eigenvalue weighted by Gasteiger charge is -2.56. The second kappa shape index (κ2) is 6.56. The summed E-state index contributed by atoms with van der Waals surface area (Å²) < 4.78 is 0.839. The molecule has 0 spiro atoms. The van der Waals surface area contributed by atoms with Gasteiger partial charge < -0.3 is 5.32 Å². The smallest absolute Gasteiger partial charge is 0.236 e. The van der Waals surface area contributed by atoms with Gasteiger partial charge in [0.15, 0.2) is 9.47 Å². The third-order valence-corrected chi connectivity index (χ3v) is 8.90. The van der Waals surface area contributed by atoms with E-state index in [1.165, 1.54) is 67.3 Å². The fraction of sp³-hybridized carbons (Fsp3) is 0.667. The van der Waals surface area contributed by atoms with Crippen LogP contribution in [0.5, 0.6) is 0 Å². The van der Waals surface area contributed by atoms with Gasteiger partial charge in [-0.05, 0) is 63.2 Å². The first-order chi connectivity index (χ1) is 12.6. The highest BCUT2D eigenvalue weighted by atomic mass is 32.2. The molecule has 1 N–H and O–H groups in total. The number of carbonyl (C=O) groups excluding carboxylic acids is 1. The molecule has 0 saturated heterocycles. The second-order valence-corrected chi connectivity index (χ2v) is 11.4. The molecule has 0 radical (unpaired) electrons. The van der Waals surface area contributed by atoms with Crippen LogP contribution in [0.1, 0.15) is 49.2 Å². The van der Waals surface area contributed by atoms with Crippen LogP contribution in [0.3, 0.4) is 0 Å². The number of nitrogens with zero attached hydrogens (tertiary/aromatic N) is 3. The number of anilines is 1. The fourth-order valence-electron chi connectivity index (χ4n) is 5.62. The fourth-order valence-corrected chi connectivity index (χ4v) is 8.08. The topological polar surface area (TPSA) is 67.8 Å². The van der Waals surface area contributed by atoms with Crippen molar-refractivity contribution >= 4 is 45.5 Å². The van der Waals surface area contributed by atoms with Gasteiger partial charge in [0.25, 0.3) is 0 Å². The SMILES string of the molecule is Cc1nnc(SCC(=O)Nc2nc(C34CC5CC(CC(C5)C3)C4)cs2)s1. The molecule has 4 fully saturated rings. The van der Waals surface area contributed by atoms with E-state index in [2.05, 4.69) is 20.9 Å². The van der Waals surface area contributed by atoms with Crippen LogP contribution in [0.4, 0.5) is 5.13 Å². The summed E-state index contributed by atoms with van der Waals surface area (Å²) in [6.45, 7) is 1.92. The molecule has 2 heterocycles. The van der Waals surface area contributed by atoms with Gasteiger partial charge in [0.05, 0.1) is 11.4 Å². The van der Waals surface area contributed by atoms with Gasteiger partial charge in [-0.1, -0.05) is 23.1 Å². The lowest BCUT2D eigenvalue weighted by Crippen LogP contribution is -2.48. The number of rotatable bonds is 5. The van der Waals surface area contributed by atoms with Crippen LogP contribution >= 0.6 is 34.4 Å². The molecule has 2 aromatic heterocycles. The van der Waals surface area contributed by atoms with Crippen molar-refractivity contribution < 1.29 is 4.79 Å². The Labute approximate surface area is 165 Å². The van der Waals surface area contributed by atoms with E-state index in [0.29, 0.717) is 11.2 Å². The van der Waals surface area contributed by atoms with Gasteiger partial charge in [-0.15, -0.1) is 21.5 Å². The van der Waals surface area contributed by atoms with Crippen LogP contribution in [0.15, 0.2) is 9.72 Å². The highest BCUT2D eigenvalue weighted by Gasteiger charge is 2.52. The monoisotopic (exact) mass is 406 g/mol. The minimum atomic E-state index is -0.0192. The van der Waals surface area contributed by atoms with E-state index in [1.54, 1.807) is 11.3 Å². The Morgan fingerprint density at radius 3 is 2.54 bits per heavy atom. The average Bonchev–Trinajstić information content (AvgIpc) is 3.21. The van der Waals surface area contributed by atoms with Crippen molar-refractivity contribution in [2.45, 2.75) is 55.2 Å². The molecule has 4 aliphatic rings. The molecule has 0 unspecified atom stereocenters. The summed E-state index contributed by atoms with van der Waals surface area (Å²) in [6.07, 6.45) is 8.24. The van der Waals surface area contributed by atoms with Gasteiger partial charge >= 0.3 is 0 Å². The van der Waals surface area contributed by atoms with E-state index < -0.39 is 0 Å². The minimum Gasteiger partial charge on any atom is -0.301 e. The minimum absolute atomic E-state index is 0.0192. The Morgan fingerprint density at radius 2 is 1.92 bits per heavy atom. The van der Waals surface area contributed by atoms with Crippen molar-refractivity contribution in [3.8, 4) is 0 Å². The third kappa shape index (κ3) is 3.20. The molecule has 0 atom stereocenters. The lowest BCUT2D eigenvalue weighted by atomic mass is 9.49. The van der Waals surface area contributed by atoms with Gasteiger partial charge in [-0.3, -0.25) is 4.79 Å². The van der Waals surface area contributed by atoms with Crippen LogP contribution in [0.2, 0.25) is 0 Å². The summed E-state index contributed by atoms with van der Waals surface area (Å²) in [6, 6.07) is 0. The van der Waals surface area contributed by atoms with Crippen molar-refractivity contribution in [1.29, 1.82) is 0 Å². The maximum absolute atomic E-state index is 12.2. The standard InChI is InChI=1S/C18H22N4OS3/c1-10-21-22-17(26-10)25-9-15(23)20-16-19-14(8-24-16)18-5-11-2-12(6-18)4-13(3-11)7-18/h8,11-13H,2-7,9H2,1H3,(H,19,20,23). The molecule has 0 aromatic carbocycles. The van der Waals surface area contributed by atoms with Gasteiger partial charge in [0.2, 0.25) is 5.91 Å². The zero-order valence-corrected chi connectivity index (χ0v) is 17.2. The second-order valence-electron chi connectivity index (χ2n) is 8.16. The van der Waals surface area contributed by atoms with E-state index in [0.717, 1.165) is 32.2 Å². The van der Waals surface area contributed by atoms with Gasteiger partial charge in [-0.25, -0.2) is 4.98 Å². The number of thioether (sulfide) groups is 1. The molecule has 5 nitrogen and oxygen atoms in total. The molecule has 26 heavy (non-hydrogen) atoms. The molecule has 4 saturated carbocycles. The predicted octanol–water partition coefficient (Wildman–Crippen LogP) is 4.50. The zero-order chi connectivity index (χ0) is 17.7. The average molecular weight is 407 g/mol. The Bertz CT molecular complexity index is 795. The summed E-state index contributed by atoms with van der Waals surface area (Å²) in [5.74, 6) is 3.06. The number of aryl methyl sites for hydroxylation is 1. The van der Waals surface area contributed by atoms with E-state index in [9.17, 15) is 4.79 Å². The number of aromatic nitrogens is 3. The summed E-state index contributed by atoms with van der Waals surface area (Å²) in [7, 11) is 0. The number of hydrogen-bond acceptors (Lipinski definition) is 7. The lowest BCUT2D eigenvalue weighted by molar-refractivity contribution is -0.113. The van der Waals surface area contributed by atoms with Crippen molar-refractivity contribution in [3.05, 3.63) is 16.1 Å². The first-order valence-corrected chi connectivity index (χ1v) is 11.9. The normalized spacial score (nSPS) is 32.1.